The second kappa shape index (κ2) is 9.58. The maximum absolute atomic E-state index is 12.6. The zero-order chi connectivity index (χ0) is 21.1. The van der Waals surface area contributed by atoms with Crippen molar-refractivity contribution in [3.63, 3.8) is 0 Å². The molecule has 1 saturated heterocycles. The van der Waals surface area contributed by atoms with Gasteiger partial charge in [-0.05, 0) is 37.2 Å². The smallest absolute Gasteiger partial charge is 0.259 e. The Morgan fingerprint density at radius 1 is 1.37 bits per heavy atom. The summed E-state index contributed by atoms with van der Waals surface area (Å²) < 4.78 is 5.79. The Hall–Kier alpha value is -1.77. The molecule has 0 unspecified atom stereocenters. The molecule has 0 bridgehead atoms. The summed E-state index contributed by atoms with van der Waals surface area (Å²) in [5, 5.41) is 3.75. The third-order valence-corrected chi connectivity index (χ3v) is 7.02. The van der Waals surface area contributed by atoms with E-state index in [0.717, 1.165) is 49.1 Å². The number of fused-ring (bicyclic) bond motifs is 3. The second-order valence-corrected chi connectivity index (χ2v) is 9.94. The van der Waals surface area contributed by atoms with Gasteiger partial charge in [0.2, 0.25) is 5.91 Å². The van der Waals surface area contributed by atoms with Gasteiger partial charge < -0.3 is 15.0 Å². The minimum absolute atomic E-state index is 0.0344. The number of rotatable bonds is 7. The van der Waals surface area contributed by atoms with Gasteiger partial charge in [0.25, 0.3) is 5.56 Å². The largest absolute Gasteiger partial charge is 0.374 e. The van der Waals surface area contributed by atoms with Crippen LogP contribution in [-0.2, 0) is 28.8 Å². The van der Waals surface area contributed by atoms with Gasteiger partial charge >= 0.3 is 0 Å². The Morgan fingerprint density at radius 2 is 2.20 bits per heavy atom. The number of aromatic amines is 1. The predicted octanol–water partition coefficient (Wildman–Crippen LogP) is 2.27. The van der Waals surface area contributed by atoms with Crippen LogP contribution in [0.4, 0.5) is 0 Å². The lowest BCUT2D eigenvalue weighted by atomic mass is 9.97. The molecule has 0 saturated carbocycles. The van der Waals surface area contributed by atoms with E-state index in [-0.39, 0.29) is 17.6 Å². The molecule has 0 aromatic carbocycles. The molecule has 2 N–H and O–H groups in total. The minimum Gasteiger partial charge on any atom is -0.374 e. The first-order valence-electron chi connectivity index (χ1n) is 11.1. The van der Waals surface area contributed by atoms with Crippen LogP contribution in [0.3, 0.4) is 0 Å². The van der Waals surface area contributed by atoms with Gasteiger partial charge in [-0.2, -0.15) is 0 Å². The molecular weight excluding hydrogens is 400 g/mol. The Balaban J connectivity index is 1.30. The molecule has 164 valence electrons. The minimum atomic E-state index is -0.0596. The van der Waals surface area contributed by atoms with Crippen LogP contribution in [-0.4, -0.2) is 59.7 Å². The molecule has 3 heterocycles. The lowest BCUT2D eigenvalue weighted by Gasteiger charge is -2.33. The van der Waals surface area contributed by atoms with Crippen LogP contribution in [0.2, 0.25) is 0 Å². The van der Waals surface area contributed by atoms with E-state index in [2.05, 4.69) is 34.0 Å². The normalized spacial score (nSPS) is 19.9. The lowest BCUT2D eigenvalue weighted by molar-refractivity contribution is -0.122. The van der Waals surface area contributed by atoms with Gasteiger partial charge in [-0.25, -0.2) is 4.98 Å². The summed E-state index contributed by atoms with van der Waals surface area (Å²) in [6.45, 7) is 8.53. The number of morpholine rings is 1. The van der Waals surface area contributed by atoms with E-state index < -0.39 is 0 Å². The number of nitrogens with zero attached hydrogens (tertiary/aromatic N) is 2. The number of ether oxygens (including phenoxy) is 1. The summed E-state index contributed by atoms with van der Waals surface area (Å²) in [6, 6.07) is 0. The van der Waals surface area contributed by atoms with Crippen molar-refractivity contribution in [1.29, 1.82) is 0 Å². The van der Waals surface area contributed by atoms with Gasteiger partial charge in [-0.1, -0.05) is 13.8 Å². The van der Waals surface area contributed by atoms with E-state index in [9.17, 15) is 9.59 Å². The van der Waals surface area contributed by atoms with Crippen molar-refractivity contribution in [2.24, 2.45) is 5.92 Å². The molecule has 2 aromatic heterocycles. The molecular formula is C22H32N4O3S. The number of hydrogen-bond donors (Lipinski definition) is 2. The standard InChI is InChI=1S/C22H32N4O3S/c1-14(2)12-26-9-10-29-15(13-26)11-23-19(27)8-7-18-24-21(28)20-16-5-3-4-6-17(16)30-22(20)25-18/h14-15H,3-13H2,1-2H3,(H,23,27)(H,24,25,28)/t15-/m1/s1. The monoisotopic (exact) mass is 432 g/mol. The summed E-state index contributed by atoms with van der Waals surface area (Å²) >= 11 is 1.64. The van der Waals surface area contributed by atoms with E-state index in [1.807, 2.05) is 0 Å². The molecule has 2 aromatic rings. The van der Waals surface area contributed by atoms with Crippen molar-refractivity contribution >= 4 is 27.5 Å². The molecule has 30 heavy (non-hydrogen) atoms. The quantitative estimate of drug-likeness (QED) is 0.701. The summed E-state index contributed by atoms with van der Waals surface area (Å²) in [5.41, 5.74) is 1.13. The molecule has 2 aliphatic rings. The van der Waals surface area contributed by atoms with Crippen molar-refractivity contribution in [2.75, 3.05) is 32.8 Å². The van der Waals surface area contributed by atoms with E-state index in [0.29, 0.717) is 37.7 Å². The van der Waals surface area contributed by atoms with Gasteiger partial charge in [-0.3, -0.25) is 14.5 Å². The molecule has 0 spiro atoms. The van der Waals surface area contributed by atoms with E-state index in [1.54, 1.807) is 11.3 Å². The van der Waals surface area contributed by atoms with Gasteiger partial charge in [-0.15, -0.1) is 11.3 Å². The predicted molar refractivity (Wildman–Crippen MR) is 119 cm³/mol. The molecule has 0 radical (unpaired) electrons. The fourth-order valence-corrected chi connectivity index (χ4v) is 5.74. The van der Waals surface area contributed by atoms with Crippen molar-refractivity contribution in [3.05, 3.63) is 26.6 Å². The molecule has 1 atom stereocenters. The Kier molecular flexibility index (Phi) is 6.85. The molecule has 1 aliphatic heterocycles. The first-order chi connectivity index (χ1) is 14.5. The Bertz CT molecular complexity index is 952. The Morgan fingerprint density at radius 3 is 3.03 bits per heavy atom. The lowest BCUT2D eigenvalue weighted by Crippen LogP contribution is -2.48. The molecule has 1 amide bonds. The average Bonchev–Trinajstić information content (AvgIpc) is 3.09. The van der Waals surface area contributed by atoms with Crippen LogP contribution in [0.25, 0.3) is 10.2 Å². The van der Waals surface area contributed by atoms with Gasteiger partial charge in [0, 0.05) is 43.9 Å². The van der Waals surface area contributed by atoms with E-state index in [4.69, 9.17) is 4.74 Å². The molecule has 7 nitrogen and oxygen atoms in total. The summed E-state index contributed by atoms with van der Waals surface area (Å²) in [5.74, 6) is 1.19. The van der Waals surface area contributed by atoms with Crippen molar-refractivity contribution in [1.82, 2.24) is 20.2 Å². The maximum Gasteiger partial charge on any atom is 0.259 e. The molecule has 1 fully saturated rings. The van der Waals surface area contributed by atoms with Gasteiger partial charge in [0.05, 0.1) is 18.1 Å². The van der Waals surface area contributed by atoms with Crippen molar-refractivity contribution in [3.8, 4) is 0 Å². The third-order valence-electron chi connectivity index (χ3n) is 5.84. The molecule has 8 heteroatoms. The number of carbonyl (C=O) groups is 1. The number of H-pyrrole nitrogens is 1. The number of hydrogen-bond acceptors (Lipinski definition) is 6. The van der Waals surface area contributed by atoms with Crippen LogP contribution in [0, 0.1) is 5.92 Å². The summed E-state index contributed by atoms with van der Waals surface area (Å²) in [6.07, 6.45) is 5.12. The van der Waals surface area contributed by atoms with Crippen LogP contribution < -0.4 is 10.9 Å². The zero-order valence-corrected chi connectivity index (χ0v) is 18.8. The van der Waals surface area contributed by atoms with Crippen LogP contribution in [0.1, 0.15) is 49.4 Å². The molecule has 1 aliphatic carbocycles. The first kappa shape index (κ1) is 21.5. The molecule has 4 rings (SSSR count). The highest BCUT2D eigenvalue weighted by Gasteiger charge is 2.22. The number of amides is 1. The highest BCUT2D eigenvalue weighted by atomic mass is 32.1. The third kappa shape index (κ3) is 5.10. The van der Waals surface area contributed by atoms with Gasteiger partial charge in [0.15, 0.2) is 0 Å². The summed E-state index contributed by atoms with van der Waals surface area (Å²) in [4.78, 5) is 37.0. The number of aromatic nitrogens is 2. The van der Waals surface area contributed by atoms with Crippen LogP contribution >= 0.6 is 11.3 Å². The van der Waals surface area contributed by atoms with Crippen molar-refractivity contribution in [2.45, 2.75) is 58.5 Å². The highest BCUT2D eigenvalue weighted by Crippen LogP contribution is 2.33. The zero-order valence-electron chi connectivity index (χ0n) is 18.0. The highest BCUT2D eigenvalue weighted by molar-refractivity contribution is 7.18. The summed E-state index contributed by atoms with van der Waals surface area (Å²) in [7, 11) is 0. The number of thiophene rings is 1. The van der Waals surface area contributed by atoms with Gasteiger partial charge in [0.1, 0.15) is 10.7 Å². The fourth-order valence-electron chi connectivity index (χ4n) is 4.46. The second-order valence-electron chi connectivity index (χ2n) is 8.85. The van der Waals surface area contributed by atoms with Crippen molar-refractivity contribution < 1.29 is 9.53 Å². The maximum atomic E-state index is 12.6. The van der Waals surface area contributed by atoms with Crippen LogP contribution in [0.15, 0.2) is 4.79 Å². The number of nitrogens with one attached hydrogen (secondary N) is 2. The number of aryl methyl sites for hydroxylation is 3. The van der Waals surface area contributed by atoms with E-state index >= 15 is 0 Å². The van der Waals surface area contributed by atoms with E-state index in [1.165, 1.54) is 16.9 Å². The topological polar surface area (TPSA) is 87.3 Å². The van der Waals surface area contributed by atoms with Crippen LogP contribution in [0.5, 0.6) is 0 Å². The Labute approximate surface area is 181 Å². The average molecular weight is 433 g/mol. The number of carbonyl (C=O) groups excluding carboxylic acids is 1. The first-order valence-corrected chi connectivity index (χ1v) is 12.0. The SMILES string of the molecule is CC(C)CN1CCO[C@H](CNC(=O)CCc2nc3sc4c(c3c(=O)[nH]2)CCCC4)C1. The fraction of sp³-hybridized carbons (Fsp3) is 0.682.